The normalized spacial score (nSPS) is 11.9. The molecule has 0 aliphatic rings. The Morgan fingerprint density at radius 1 is 1.14 bits per heavy atom. The van der Waals surface area contributed by atoms with Crippen LogP contribution in [0.15, 0.2) is 30.5 Å². The van der Waals surface area contributed by atoms with Crippen LogP contribution in [0.3, 0.4) is 0 Å². The van der Waals surface area contributed by atoms with Crippen LogP contribution in [0.4, 0.5) is 0 Å². The van der Waals surface area contributed by atoms with Gasteiger partial charge in [0.25, 0.3) is 0 Å². The van der Waals surface area contributed by atoms with Crippen molar-refractivity contribution in [1.82, 2.24) is 4.98 Å². The first-order valence-corrected chi connectivity index (χ1v) is 4.84. The van der Waals surface area contributed by atoms with Gasteiger partial charge in [-0.1, -0.05) is 39.0 Å². The molecule has 0 bridgehead atoms. The van der Waals surface area contributed by atoms with Crippen molar-refractivity contribution in [1.29, 1.82) is 0 Å². The first kappa shape index (κ1) is 9.20. The summed E-state index contributed by atoms with van der Waals surface area (Å²) in [5.41, 5.74) is 1.56. The van der Waals surface area contributed by atoms with Gasteiger partial charge in [-0.25, -0.2) is 0 Å². The zero-order chi connectivity index (χ0) is 10.2. The molecule has 14 heavy (non-hydrogen) atoms. The maximum absolute atomic E-state index is 3.98. The Hall–Kier alpha value is -1.37. The predicted octanol–water partition coefficient (Wildman–Crippen LogP) is 3.33. The van der Waals surface area contributed by atoms with Gasteiger partial charge >= 0.3 is 0 Å². The zero-order valence-corrected chi connectivity index (χ0v) is 8.83. The first-order valence-electron chi connectivity index (χ1n) is 4.84. The van der Waals surface area contributed by atoms with Crippen LogP contribution < -0.4 is 0 Å². The Morgan fingerprint density at radius 3 is 2.64 bits per heavy atom. The molecule has 1 nitrogen and oxygen atoms in total. The monoisotopic (exact) mass is 184 g/mol. The number of benzene rings is 1. The van der Waals surface area contributed by atoms with Gasteiger partial charge < -0.3 is 0 Å². The summed E-state index contributed by atoms with van der Waals surface area (Å²) >= 11 is 0. The minimum atomic E-state index is 0.206. The fraction of sp³-hybridized carbons (Fsp3) is 0.308. The second-order valence-corrected chi connectivity index (χ2v) is 4.63. The molecule has 1 radical (unpaired) electrons. The number of nitrogens with zero attached hydrogens (tertiary/aromatic N) is 1. The highest BCUT2D eigenvalue weighted by atomic mass is 14.6. The Bertz CT molecular complexity index is 452. The SMILES string of the molecule is CC(C)(C)c1ccc2cn[c]cc2c1. The van der Waals surface area contributed by atoms with Crippen molar-refractivity contribution in [2.75, 3.05) is 0 Å². The van der Waals surface area contributed by atoms with Gasteiger partial charge in [0, 0.05) is 11.6 Å². The molecule has 0 unspecified atom stereocenters. The maximum atomic E-state index is 3.98. The van der Waals surface area contributed by atoms with Gasteiger partial charge in [0.15, 0.2) is 0 Å². The fourth-order valence-electron chi connectivity index (χ4n) is 1.50. The molecule has 0 fully saturated rings. The van der Waals surface area contributed by atoms with Crippen LogP contribution in [0.2, 0.25) is 0 Å². The molecular formula is C13H14N. The number of fused-ring (bicyclic) bond motifs is 1. The smallest absolute Gasteiger partial charge is 0.0892 e. The van der Waals surface area contributed by atoms with E-state index in [1.54, 1.807) is 0 Å². The molecule has 1 heterocycles. The minimum absolute atomic E-state index is 0.206. The average Bonchev–Trinajstić information content (AvgIpc) is 2.16. The molecule has 1 aromatic heterocycles. The summed E-state index contributed by atoms with van der Waals surface area (Å²) < 4.78 is 0. The van der Waals surface area contributed by atoms with Gasteiger partial charge in [-0.3, -0.25) is 4.98 Å². The summed E-state index contributed by atoms with van der Waals surface area (Å²) in [7, 11) is 0. The first-order chi connectivity index (χ1) is 6.57. The van der Waals surface area contributed by atoms with E-state index in [9.17, 15) is 0 Å². The van der Waals surface area contributed by atoms with Crippen LogP contribution in [0.1, 0.15) is 26.3 Å². The van der Waals surface area contributed by atoms with Crippen LogP contribution in [0.5, 0.6) is 0 Å². The molecule has 1 aromatic carbocycles. The average molecular weight is 184 g/mol. The molecule has 0 saturated carbocycles. The molecule has 0 atom stereocenters. The summed E-state index contributed by atoms with van der Waals surface area (Å²) in [6, 6.07) is 8.44. The number of aromatic nitrogens is 1. The van der Waals surface area contributed by atoms with E-state index >= 15 is 0 Å². The number of pyridine rings is 1. The molecule has 2 rings (SSSR count). The van der Waals surface area contributed by atoms with E-state index in [-0.39, 0.29) is 5.41 Å². The van der Waals surface area contributed by atoms with E-state index in [1.165, 1.54) is 16.3 Å². The number of rotatable bonds is 0. The van der Waals surface area contributed by atoms with E-state index in [1.807, 2.05) is 12.3 Å². The second-order valence-electron chi connectivity index (χ2n) is 4.63. The topological polar surface area (TPSA) is 12.9 Å². The van der Waals surface area contributed by atoms with Crippen LogP contribution in [0, 0.1) is 6.20 Å². The molecule has 0 saturated heterocycles. The van der Waals surface area contributed by atoms with Crippen molar-refractivity contribution in [2.24, 2.45) is 0 Å². The zero-order valence-electron chi connectivity index (χ0n) is 8.83. The standard InChI is InChI=1S/C13H14N/c1-13(2,3)12-5-4-11-9-14-7-6-10(11)8-12/h4-6,8-9H,1-3H3. The van der Waals surface area contributed by atoms with Crippen LogP contribution in [0.25, 0.3) is 10.8 Å². The van der Waals surface area contributed by atoms with Gasteiger partial charge in [0.1, 0.15) is 0 Å². The fourth-order valence-corrected chi connectivity index (χ4v) is 1.50. The summed E-state index contributed by atoms with van der Waals surface area (Å²) in [6.45, 7) is 6.66. The Kier molecular flexibility index (Phi) is 2.03. The third kappa shape index (κ3) is 1.63. The highest BCUT2D eigenvalue weighted by Crippen LogP contribution is 2.25. The molecular weight excluding hydrogens is 170 g/mol. The maximum Gasteiger partial charge on any atom is 0.0892 e. The molecule has 0 amide bonds. The van der Waals surface area contributed by atoms with Gasteiger partial charge in [0.05, 0.1) is 6.20 Å². The highest BCUT2D eigenvalue weighted by molar-refractivity contribution is 5.82. The van der Waals surface area contributed by atoms with Gasteiger partial charge in [0.2, 0.25) is 0 Å². The van der Waals surface area contributed by atoms with Gasteiger partial charge in [-0.2, -0.15) is 0 Å². The summed E-state index contributed by atoms with van der Waals surface area (Å²) in [5, 5.41) is 2.39. The van der Waals surface area contributed by atoms with E-state index < -0.39 is 0 Å². The van der Waals surface area contributed by atoms with Crippen LogP contribution in [-0.2, 0) is 5.41 Å². The minimum Gasteiger partial charge on any atom is -0.254 e. The van der Waals surface area contributed by atoms with E-state index in [4.69, 9.17) is 0 Å². The summed E-state index contributed by atoms with van der Waals surface area (Å²) in [4.78, 5) is 3.98. The van der Waals surface area contributed by atoms with Crippen molar-refractivity contribution < 1.29 is 0 Å². The number of hydrogen-bond acceptors (Lipinski definition) is 1. The lowest BCUT2D eigenvalue weighted by Gasteiger charge is -2.19. The Morgan fingerprint density at radius 2 is 1.93 bits per heavy atom. The van der Waals surface area contributed by atoms with Crippen LogP contribution in [-0.4, -0.2) is 4.98 Å². The van der Waals surface area contributed by atoms with E-state index in [0.717, 1.165) is 0 Å². The molecule has 0 aliphatic heterocycles. The van der Waals surface area contributed by atoms with Crippen LogP contribution >= 0.6 is 0 Å². The predicted molar refractivity (Wildman–Crippen MR) is 59.3 cm³/mol. The quantitative estimate of drug-likeness (QED) is 0.612. The summed E-state index contributed by atoms with van der Waals surface area (Å²) in [5.74, 6) is 0. The highest BCUT2D eigenvalue weighted by Gasteiger charge is 2.13. The third-order valence-corrected chi connectivity index (χ3v) is 2.45. The Balaban J connectivity index is 2.63. The largest absolute Gasteiger partial charge is 0.254 e. The van der Waals surface area contributed by atoms with E-state index in [0.29, 0.717) is 0 Å². The lowest BCUT2D eigenvalue weighted by atomic mass is 9.86. The third-order valence-electron chi connectivity index (χ3n) is 2.45. The van der Waals surface area contributed by atoms with Crippen molar-refractivity contribution >= 4 is 10.8 Å². The molecule has 0 spiro atoms. The lowest BCUT2D eigenvalue weighted by Crippen LogP contribution is -2.10. The van der Waals surface area contributed by atoms with Gasteiger partial charge in [-0.05, 0) is 22.4 Å². The lowest BCUT2D eigenvalue weighted by molar-refractivity contribution is 0.591. The van der Waals surface area contributed by atoms with Crippen molar-refractivity contribution in [3.05, 3.63) is 42.2 Å². The van der Waals surface area contributed by atoms with Gasteiger partial charge in [-0.15, -0.1) is 0 Å². The molecule has 1 heteroatoms. The van der Waals surface area contributed by atoms with Crippen molar-refractivity contribution in [3.8, 4) is 0 Å². The van der Waals surface area contributed by atoms with Crippen molar-refractivity contribution in [3.63, 3.8) is 0 Å². The molecule has 0 aliphatic carbocycles. The molecule has 2 aromatic rings. The second kappa shape index (κ2) is 3.09. The number of hydrogen-bond donors (Lipinski definition) is 0. The molecule has 71 valence electrons. The Labute approximate surface area is 84.8 Å². The van der Waals surface area contributed by atoms with E-state index in [2.05, 4.69) is 50.2 Å². The van der Waals surface area contributed by atoms with Crippen molar-refractivity contribution in [2.45, 2.75) is 26.2 Å². The summed E-state index contributed by atoms with van der Waals surface area (Å²) in [6.07, 6.45) is 4.71. The molecule has 0 N–H and O–H groups in total.